The number of hydrogen-bond donors (Lipinski definition) is 4. The molecule has 0 aliphatic carbocycles. The Balaban J connectivity index is 2.55. The van der Waals surface area contributed by atoms with Crippen LogP contribution in [-0.2, 0) is 4.79 Å². The van der Waals surface area contributed by atoms with Crippen molar-refractivity contribution >= 4 is 11.9 Å². The molecule has 0 aliphatic rings. The molecule has 0 fully saturated rings. The number of benzene rings is 1. The molecule has 5 N–H and O–H groups in total. The molecule has 0 spiro atoms. The fraction of sp³-hybridized carbons (Fsp3) is 0.429. The van der Waals surface area contributed by atoms with Gasteiger partial charge in [0.2, 0.25) is 5.91 Å². The zero-order chi connectivity index (χ0) is 15.1. The van der Waals surface area contributed by atoms with Crippen molar-refractivity contribution in [2.45, 2.75) is 26.0 Å². The van der Waals surface area contributed by atoms with Gasteiger partial charge in [0.1, 0.15) is 6.04 Å². The lowest BCUT2D eigenvalue weighted by Crippen LogP contribution is -2.51. The molecule has 0 aromatic heterocycles. The van der Waals surface area contributed by atoms with Gasteiger partial charge in [-0.2, -0.15) is 0 Å². The van der Waals surface area contributed by atoms with E-state index < -0.39 is 18.2 Å². The highest BCUT2D eigenvalue weighted by Gasteiger charge is 2.23. The van der Waals surface area contributed by atoms with E-state index in [1.807, 2.05) is 18.2 Å². The van der Waals surface area contributed by atoms with Crippen LogP contribution < -0.4 is 16.4 Å². The van der Waals surface area contributed by atoms with Crippen LogP contribution in [0, 0.1) is 5.92 Å². The molecule has 1 rings (SSSR count). The summed E-state index contributed by atoms with van der Waals surface area (Å²) in [6.07, 6.45) is -0.790. The number of hydrogen-bond acceptors (Lipinski definition) is 3. The van der Waals surface area contributed by atoms with Crippen LogP contribution in [0.3, 0.4) is 0 Å². The summed E-state index contributed by atoms with van der Waals surface area (Å²) in [5.74, 6) is -0.467. The molecule has 6 heteroatoms. The number of aliphatic hydroxyl groups excluding tert-OH is 1. The number of primary amides is 1. The maximum Gasteiger partial charge on any atom is 0.312 e. The van der Waals surface area contributed by atoms with Crippen molar-refractivity contribution in [2.24, 2.45) is 11.7 Å². The largest absolute Gasteiger partial charge is 0.387 e. The van der Waals surface area contributed by atoms with E-state index in [1.54, 1.807) is 26.0 Å². The molecule has 110 valence electrons. The summed E-state index contributed by atoms with van der Waals surface area (Å²) in [4.78, 5) is 22.8. The Labute approximate surface area is 118 Å². The lowest BCUT2D eigenvalue weighted by Gasteiger charge is -2.21. The van der Waals surface area contributed by atoms with Crippen LogP contribution in [0.25, 0.3) is 0 Å². The van der Waals surface area contributed by atoms with Crippen molar-refractivity contribution in [3.63, 3.8) is 0 Å². The molecule has 0 aliphatic heterocycles. The topological polar surface area (TPSA) is 104 Å². The molecule has 0 saturated carbocycles. The van der Waals surface area contributed by atoms with E-state index in [1.165, 1.54) is 0 Å². The third-order valence-corrected chi connectivity index (χ3v) is 2.90. The van der Waals surface area contributed by atoms with Gasteiger partial charge in [-0.3, -0.25) is 4.79 Å². The Hall–Kier alpha value is -2.08. The first-order chi connectivity index (χ1) is 9.41. The van der Waals surface area contributed by atoms with Crippen LogP contribution in [0.2, 0.25) is 0 Å². The molecular weight excluding hydrogens is 258 g/mol. The van der Waals surface area contributed by atoms with Crippen molar-refractivity contribution in [3.05, 3.63) is 35.9 Å². The van der Waals surface area contributed by atoms with Gasteiger partial charge in [0.05, 0.1) is 6.10 Å². The molecule has 0 radical (unpaired) electrons. The van der Waals surface area contributed by atoms with Gasteiger partial charge in [-0.25, -0.2) is 4.79 Å². The third-order valence-electron chi connectivity index (χ3n) is 2.90. The Morgan fingerprint density at radius 3 is 2.35 bits per heavy atom. The summed E-state index contributed by atoms with van der Waals surface area (Å²) in [5, 5.41) is 14.9. The van der Waals surface area contributed by atoms with Crippen LogP contribution in [0.5, 0.6) is 0 Å². The van der Waals surface area contributed by atoms with Gasteiger partial charge in [-0.05, 0) is 11.5 Å². The van der Waals surface area contributed by atoms with E-state index in [4.69, 9.17) is 5.73 Å². The number of carbonyl (C=O) groups excluding carboxylic acids is 2. The summed E-state index contributed by atoms with van der Waals surface area (Å²) in [6, 6.07) is 7.56. The fourth-order valence-electron chi connectivity index (χ4n) is 1.79. The van der Waals surface area contributed by atoms with Crippen LogP contribution in [-0.4, -0.2) is 29.6 Å². The van der Waals surface area contributed by atoms with E-state index in [2.05, 4.69) is 10.6 Å². The highest BCUT2D eigenvalue weighted by Crippen LogP contribution is 2.11. The van der Waals surface area contributed by atoms with E-state index in [9.17, 15) is 14.7 Å². The van der Waals surface area contributed by atoms with Gasteiger partial charge in [0, 0.05) is 6.54 Å². The van der Waals surface area contributed by atoms with Gasteiger partial charge in [0.15, 0.2) is 0 Å². The normalized spacial score (nSPS) is 13.6. The quantitative estimate of drug-likeness (QED) is 0.610. The smallest absolute Gasteiger partial charge is 0.312 e. The standard InChI is InChI=1S/C14H21N3O3/c1-9(2)12(17-14(15)20)13(19)16-8-11(18)10-6-4-3-5-7-10/h3-7,9,11-12,18H,8H2,1-2H3,(H,16,19)(H3,15,17,20). The lowest BCUT2D eigenvalue weighted by molar-refractivity contribution is -0.124. The molecule has 0 saturated heterocycles. The van der Waals surface area contributed by atoms with Crippen molar-refractivity contribution in [1.29, 1.82) is 0 Å². The SMILES string of the molecule is CC(C)C(NC(N)=O)C(=O)NCC(O)c1ccccc1. The van der Waals surface area contributed by atoms with Crippen molar-refractivity contribution < 1.29 is 14.7 Å². The van der Waals surface area contributed by atoms with Crippen LogP contribution in [0.1, 0.15) is 25.5 Å². The summed E-state index contributed by atoms with van der Waals surface area (Å²) in [5.41, 5.74) is 5.76. The Morgan fingerprint density at radius 2 is 1.85 bits per heavy atom. The van der Waals surface area contributed by atoms with E-state index >= 15 is 0 Å². The molecule has 1 aromatic carbocycles. The fourth-order valence-corrected chi connectivity index (χ4v) is 1.79. The van der Waals surface area contributed by atoms with Gasteiger partial charge in [0.25, 0.3) is 0 Å². The van der Waals surface area contributed by atoms with Crippen LogP contribution >= 0.6 is 0 Å². The first kappa shape index (κ1) is 16.0. The molecule has 6 nitrogen and oxygen atoms in total. The second-order valence-corrected chi connectivity index (χ2v) is 4.90. The van der Waals surface area contributed by atoms with Gasteiger partial charge >= 0.3 is 6.03 Å². The summed E-state index contributed by atoms with van der Waals surface area (Å²) in [7, 11) is 0. The first-order valence-corrected chi connectivity index (χ1v) is 6.48. The van der Waals surface area contributed by atoms with Crippen molar-refractivity contribution in [2.75, 3.05) is 6.54 Å². The number of nitrogens with one attached hydrogen (secondary N) is 2. The molecule has 2 unspecified atom stereocenters. The third kappa shape index (κ3) is 4.89. The number of amides is 3. The summed E-state index contributed by atoms with van der Waals surface area (Å²) >= 11 is 0. The monoisotopic (exact) mass is 279 g/mol. The van der Waals surface area contributed by atoms with Gasteiger partial charge in [-0.15, -0.1) is 0 Å². The minimum atomic E-state index is -0.790. The number of urea groups is 1. The molecular formula is C14H21N3O3. The highest BCUT2D eigenvalue weighted by molar-refractivity contribution is 5.86. The zero-order valence-electron chi connectivity index (χ0n) is 11.7. The number of nitrogens with two attached hydrogens (primary N) is 1. The summed E-state index contributed by atoms with van der Waals surface area (Å²) in [6.45, 7) is 3.67. The Kier molecular flexibility index (Phi) is 5.99. The molecule has 0 bridgehead atoms. The second kappa shape index (κ2) is 7.49. The minimum absolute atomic E-state index is 0.0759. The average Bonchev–Trinajstić information content (AvgIpc) is 2.42. The molecule has 3 amide bonds. The highest BCUT2D eigenvalue weighted by atomic mass is 16.3. The Morgan fingerprint density at radius 1 is 1.25 bits per heavy atom. The number of aliphatic hydroxyl groups is 1. The maximum absolute atomic E-state index is 12.0. The molecule has 1 aromatic rings. The first-order valence-electron chi connectivity index (χ1n) is 6.48. The average molecular weight is 279 g/mol. The number of carbonyl (C=O) groups is 2. The van der Waals surface area contributed by atoms with Crippen molar-refractivity contribution in [3.8, 4) is 0 Å². The molecule has 20 heavy (non-hydrogen) atoms. The van der Waals surface area contributed by atoms with E-state index in [-0.39, 0.29) is 18.4 Å². The van der Waals surface area contributed by atoms with Gasteiger partial charge < -0.3 is 21.5 Å². The zero-order valence-corrected chi connectivity index (χ0v) is 11.7. The molecule has 2 atom stereocenters. The van der Waals surface area contributed by atoms with E-state index in [0.717, 1.165) is 5.56 Å². The second-order valence-electron chi connectivity index (χ2n) is 4.90. The van der Waals surface area contributed by atoms with Crippen molar-refractivity contribution in [1.82, 2.24) is 10.6 Å². The van der Waals surface area contributed by atoms with Crippen LogP contribution in [0.15, 0.2) is 30.3 Å². The van der Waals surface area contributed by atoms with Gasteiger partial charge in [-0.1, -0.05) is 44.2 Å². The maximum atomic E-state index is 12.0. The van der Waals surface area contributed by atoms with E-state index in [0.29, 0.717) is 0 Å². The van der Waals surface area contributed by atoms with Crippen LogP contribution in [0.4, 0.5) is 4.79 Å². The number of rotatable bonds is 6. The lowest BCUT2D eigenvalue weighted by atomic mass is 10.0. The minimum Gasteiger partial charge on any atom is -0.387 e. The predicted octanol–water partition coefficient (Wildman–Crippen LogP) is 0.529. The summed E-state index contributed by atoms with van der Waals surface area (Å²) < 4.78 is 0. The Bertz CT molecular complexity index is 448. The molecule has 0 heterocycles. The predicted molar refractivity (Wildman–Crippen MR) is 75.8 cm³/mol.